The van der Waals surface area contributed by atoms with Gasteiger partial charge in [-0.15, -0.1) is 0 Å². The fourth-order valence-electron chi connectivity index (χ4n) is 3.28. The maximum Gasteiger partial charge on any atom is 0.336 e. The second-order valence-corrected chi connectivity index (χ2v) is 7.39. The summed E-state index contributed by atoms with van der Waals surface area (Å²) in [4.78, 5) is 24.5. The van der Waals surface area contributed by atoms with E-state index >= 15 is 0 Å². The Morgan fingerprint density at radius 1 is 1.04 bits per heavy atom. The van der Waals surface area contributed by atoms with Gasteiger partial charge in [0.2, 0.25) is 0 Å². The molecule has 0 radical (unpaired) electrons. The number of furan rings is 1. The molecule has 2 aromatic heterocycles. The Morgan fingerprint density at radius 2 is 1.82 bits per heavy atom. The standard InChI is InChI=1S/C21H15Cl2NO4/c1-10-5-16-19(11(2)20(10)23)13(8-18(25)28-16)9-24-21(26)17-7-12-6-14(22)3-4-15(12)27-17/h3-8H,9H2,1-2H3,(H,24,26). The second-order valence-electron chi connectivity index (χ2n) is 6.57. The van der Waals surface area contributed by atoms with Crippen LogP contribution in [-0.2, 0) is 6.54 Å². The Bertz CT molecular complexity index is 1300. The molecular weight excluding hydrogens is 401 g/mol. The quantitative estimate of drug-likeness (QED) is 0.455. The lowest BCUT2D eigenvalue weighted by Gasteiger charge is -2.11. The lowest BCUT2D eigenvalue weighted by atomic mass is 10.0. The molecule has 0 saturated heterocycles. The Hall–Kier alpha value is -2.76. The van der Waals surface area contributed by atoms with Crippen molar-refractivity contribution in [3.63, 3.8) is 0 Å². The van der Waals surface area contributed by atoms with Gasteiger partial charge in [0, 0.05) is 33.4 Å². The molecule has 0 saturated carbocycles. The number of amides is 1. The van der Waals surface area contributed by atoms with Crippen molar-refractivity contribution >= 4 is 51.0 Å². The van der Waals surface area contributed by atoms with Gasteiger partial charge >= 0.3 is 5.63 Å². The predicted molar refractivity (Wildman–Crippen MR) is 109 cm³/mol. The summed E-state index contributed by atoms with van der Waals surface area (Å²) in [5.41, 5.74) is 2.75. The molecule has 0 atom stereocenters. The van der Waals surface area contributed by atoms with E-state index in [0.29, 0.717) is 32.2 Å². The minimum absolute atomic E-state index is 0.124. The second kappa shape index (κ2) is 7.00. The molecule has 0 unspecified atom stereocenters. The van der Waals surface area contributed by atoms with Gasteiger partial charge in [0.25, 0.3) is 5.91 Å². The van der Waals surface area contributed by atoms with Crippen molar-refractivity contribution in [2.75, 3.05) is 0 Å². The van der Waals surface area contributed by atoms with Gasteiger partial charge in [-0.05, 0) is 60.9 Å². The molecular formula is C21H15Cl2NO4. The molecule has 0 spiro atoms. The molecule has 1 N–H and O–H groups in total. The van der Waals surface area contributed by atoms with Crippen LogP contribution >= 0.6 is 23.2 Å². The highest BCUT2D eigenvalue weighted by Gasteiger charge is 2.16. The smallest absolute Gasteiger partial charge is 0.336 e. The van der Waals surface area contributed by atoms with Gasteiger partial charge in [-0.25, -0.2) is 4.79 Å². The van der Waals surface area contributed by atoms with Gasteiger partial charge in [0.05, 0.1) is 0 Å². The summed E-state index contributed by atoms with van der Waals surface area (Å²) in [5, 5.41) is 5.40. The average Bonchev–Trinajstić information content (AvgIpc) is 3.06. The maximum atomic E-state index is 12.5. The number of hydrogen-bond donors (Lipinski definition) is 1. The molecule has 2 heterocycles. The molecule has 2 aromatic carbocycles. The highest BCUT2D eigenvalue weighted by Crippen LogP contribution is 2.30. The largest absolute Gasteiger partial charge is 0.451 e. The summed E-state index contributed by atoms with van der Waals surface area (Å²) in [6, 6.07) is 9.83. The van der Waals surface area contributed by atoms with Gasteiger partial charge in [-0.1, -0.05) is 23.2 Å². The van der Waals surface area contributed by atoms with Crippen LogP contribution in [0.5, 0.6) is 0 Å². The van der Waals surface area contributed by atoms with E-state index in [-0.39, 0.29) is 12.3 Å². The first-order chi connectivity index (χ1) is 13.3. The fraction of sp³-hybridized carbons (Fsp3) is 0.143. The summed E-state index contributed by atoms with van der Waals surface area (Å²) in [6.07, 6.45) is 0. The summed E-state index contributed by atoms with van der Waals surface area (Å²) in [7, 11) is 0. The van der Waals surface area contributed by atoms with Crippen molar-refractivity contribution < 1.29 is 13.6 Å². The molecule has 0 bridgehead atoms. The molecule has 28 heavy (non-hydrogen) atoms. The highest BCUT2D eigenvalue weighted by atomic mass is 35.5. The number of carbonyl (C=O) groups excluding carboxylic acids is 1. The molecule has 5 nitrogen and oxygen atoms in total. The van der Waals surface area contributed by atoms with Gasteiger partial charge in [0.1, 0.15) is 11.2 Å². The summed E-state index contributed by atoms with van der Waals surface area (Å²) < 4.78 is 10.9. The molecule has 142 valence electrons. The van der Waals surface area contributed by atoms with Crippen LogP contribution in [-0.4, -0.2) is 5.91 Å². The van der Waals surface area contributed by atoms with E-state index in [1.165, 1.54) is 6.07 Å². The van der Waals surface area contributed by atoms with Crippen molar-refractivity contribution in [3.8, 4) is 0 Å². The molecule has 0 aliphatic carbocycles. The lowest BCUT2D eigenvalue weighted by molar-refractivity contribution is 0.0925. The van der Waals surface area contributed by atoms with Gasteiger partial charge in [0.15, 0.2) is 5.76 Å². The van der Waals surface area contributed by atoms with Crippen LogP contribution in [0.3, 0.4) is 0 Å². The number of benzene rings is 2. The van der Waals surface area contributed by atoms with E-state index < -0.39 is 11.5 Å². The molecule has 1 amide bonds. The number of hydrogen-bond acceptors (Lipinski definition) is 4. The van der Waals surface area contributed by atoms with E-state index in [1.54, 1.807) is 30.3 Å². The lowest BCUT2D eigenvalue weighted by Crippen LogP contribution is -2.23. The third-order valence-corrected chi connectivity index (χ3v) is 5.43. The number of aryl methyl sites for hydroxylation is 2. The van der Waals surface area contributed by atoms with Crippen LogP contribution < -0.4 is 10.9 Å². The van der Waals surface area contributed by atoms with Crippen molar-refractivity contribution in [1.82, 2.24) is 5.32 Å². The van der Waals surface area contributed by atoms with Gasteiger partial charge in [-0.3, -0.25) is 4.79 Å². The van der Waals surface area contributed by atoms with E-state index in [0.717, 1.165) is 16.5 Å². The van der Waals surface area contributed by atoms with Crippen LogP contribution in [0.2, 0.25) is 10.0 Å². The summed E-state index contributed by atoms with van der Waals surface area (Å²) >= 11 is 12.3. The van der Waals surface area contributed by atoms with Crippen molar-refractivity contribution in [3.05, 3.63) is 79.3 Å². The molecule has 4 rings (SSSR count). The van der Waals surface area contributed by atoms with Crippen LogP contribution in [0.4, 0.5) is 0 Å². The third kappa shape index (κ3) is 3.28. The van der Waals surface area contributed by atoms with E-state index in [9.17, 15) is 9.59 Å². The zero-order valence-electron chi connectivity index (χ0n) is 15.1. The molecule has 4 aromatic rings. The maximum absolute atomic E-state index is 12.5. The molecule has 0 aliphatic rings. The fourth-order valence-corrected chi connectivity index (χ4v) is 3.61. The van der Waals surface area contributed by atoms with Crippen LogP contribution in [0.15, 0.2) is 50.0 Å². The minimum atomic E-state index is -0.490. The van der Waals surface area contributed by atoms with Crippen LogP contribution in [0.1, 0.15) is 27.2 Å². The Kier molecular flexibility index (Phi) is 4.65. The molecule has 7 heteroatoms. The Labute approximate surface area is 169 Å². The normalized spacial score (nSPS) is 11.3. The zero-order chi connectivity index (χ0) is 20.0. The SMILES string of the molecule is Cc1cc2oc(=O)cc(CNC(=O)c3cc4cc(Cl)ccc4o3)c2c(C)c1Cl. The first kappa shape index (κ1) is 18.6. The topological polar surface area (TPSA) is 72.5 Å². The minimum Gasteiger partial charge on any atom is -0.451 e. The average molecular weight is 416 g/mol. The monoisotopic (exact) mass is 415 g/mol. The Morgan fingerprint density at radius 3 is 2.61 bits per heavy atom. The first-order valence-corrected chi connectivity index (χ1v) is 9.29. The van der Waals surface area contributed by atoms with E-state index in [4.69, 9.17) is 32.0 Å². The zero-order valence-corrected chi connectivity index (χ0v) is 16.6. The first-order valence-electron chi connectivity index (χ1n) is 8.53. The van der Waals surface area contributed by atoms with Gasteiger partial charge in [-0.2, -0.15) is 0 Å². The number of halogens is 2. The molecule has 0 aliphatic heterocycles. The van der Waals surface area contributed by atoms with Crippen molar-refractivity contribution in [1.29, 1.82) is 0 Å². The number of carbonyl (C=O) groups is 1. The predicted octanol–water partition coefficient (Wildman–Crippen LogP) is 5.39. The summed E-state index contributed by atoms with van der Waals surface area (Å²) in [5.74, 6) is -0.236. The molecule has 0 fully saturated rings. The van der Waals surface area contributed by atoms with Crippen LogP contribution in [0.25, 0.3) is 21.9 Å². The highest BCUT2D eigenvalue weighted by molar-refractivity contribution is 6.33. The number of nitrogens with one attached hydrogen (secondary N) is 1. The van der Waals surface area contributed by atoms with E-state index in [2.05, 4.69) is 5.32 Å². The van der Waals surface area contributed by atoms with Gasteiger partial charge < -0.3 is 14.2 Å². The van der Waals surface area contributed by atoms with Crippen molar-refractivity contribution in [2.45, 2.75) is 20.4 Å². The summed E-state index contributed by atoms with van der Waals surface area (Å²) in [6.45, 7) is 3.82. The third-order valence-electron chi connectivity index (χ3n) is 4.61. The van der Waals surface area contributed by atoms with E-state index in [1.807, 2.05) is 13.8 Å². The number of rotatable bonds is 3. The van der Waals surface area contributed by atoms with Crippen LogP contribution in [0, 0.1) is 13.8 Å². The Balaban J connectivity index is 1.67. The number of fused-ring (bicyclic) bond motifs is 2. The van der Waals surface area contributed by atoms with Crippen molar-refractivity contribution in [2.24, 2.45) is 0 Å².